The van der Waals surface area contributed by atoms with Gasteiger partial charge in [0.2, 0.25) is 5.91 Å². The van der Waals surface area contributed by atoms with Crippen LogP contribution < -0.4 is 0 Å². The maximum atomic E-state index is 12.4. The van der Waals surface area contributed by atoms with Crippen LogP contribution in [0.25, 0.3) is 0 Å². The predicted octanol–water partition coefficient (Wildman–Crippen LogP) is 2.71. The van der Waals surface area contributed by atoms with Crippen LogP contribution in [0.4, 0.5) is 0 Å². The van der Waals surface area contributed by atoms with Gasteiger partial charge in [-0.15, -0.1) is 11.3 Å². The maximum absolute atomic E-state index is 12.4. The van der Waals surface area contributed by atoms with Crippen molar-refractivity contribution in [2.24, 2.45) is 0 Å². The SMILES string of the molecule is Cc1ccnc([C@@H]2CCN(C(=O)Cc3ccc(C)s3)C2)n1. The van der Waals surface area contributed by atoms with E-state index in [0.717, 1.165) is 35.9 Å². The van der Waals surface area contributed by atoms with Gasteiger partial charge < -0.3 is 4.90 Å². The summed E-state index contributed by atoms with van der Waals surface area (Å²) in [5.41, 5.74) is 0.985. The first-order valence-electron chi connectivity index (χ1n) is 7.24. The Bertz CT molecular complexity index is 652. The molecule has 110 valence electrons. The van der Waals surface area contributed by atoms with Gasteiger partial charge in [-0.25, -0.2) is 9.97 Å². The van der Waals surface area contributed by atoms with Crippen molar-refractivity contribution in [2.75, 3.05) is 13.1 Å². The number of aromatic nitrogens is 2. The third kappa shape index (κ3) is 3.29. The number of aryl methyl sites for hydroxylation is 2. The molecule has 5 heteroatoms. The van der Waals surface area contributed by atoms with Crippen LogP contribution in [0.2, 0.25) is 0 Å². The van der Waals surface area contributed by atoms with Gasteiger partial charge in [-0.3, -0.25) is 4.79 Å². The van der Waals surface area contributed by atoms with Crippen molar-refractivity contribution in [3.8, 4) is 0 Å². The highest BCUT2D eigenvalue weighted by molar-refractivity contribution is 7.12. The van der Waals surface area contributed by atoms with Gasteiger partial charge in [-0.1, -0.05) is 0 Å². The number of carbonyl (C=O) groups is 1. The van der Waals surface area contributed by atoms with Crippen LogP contribution in [-0.2, 0) is 11.2 Å². The summed E-state index contributed by atoms with van der Waals surface area (Å²) in [7, 11) is 0. The van der Waals surface area contributed by atoms with Gasteiger partial charge in [0.05, 0.1) is 6.42 Å². The topological polar surface area (TPSA) is 46.1 Å². The number of thiophene rings is 1. The molecule has 4 nitrogen and oxygen atoms in total. The van der Waals surface area contributed by atoms with Crippen molar-refractivity contribution in [1.29, 1.82) is 0 Å². The zero-order valence-electron chi connectivity index (χ0n) is 12.4. The Kier molecular flexibility index (Phi) is 4.01. The lowest BCUT2D eigenvalue weighted by atomic mass is 10.1. The summed E-state index contributed by atoms with van der Waals surface area (Å²) in [5.74, 6) is 1.36. The molecule has 2 aromatic heterocycles. The van der Waals surface area contributed by atoms with Gasteiger partial charge in [-0.05, 0) is 38.5 Å². The Morgan fingerprint density at radius 3 is 2.95 bits per heavy atom. The molecule has 0 N–H and O–H groups in total. The zero-order valence-corrected chi connectivity index (χ0v) is 13.2. The Morgan fingerprint density at radius 1 is 1.38 bits per heavy atom. The van der Waals surface area contributed by atoms with E-state index in [2.05, 4.69) is 29.0 Å². The van der Waals surface area contributed by atoms with Gasteiger partial charge in [-0.2, -0.15) is 0 Å². The summed E-state index contributed by atoms with van der Waals surface area (Å²) < 4.78 is 0. The second-order valence-corrected chi connectivity index (χ2v) is 6.94. The van der Waals surface area contributed by atoms with Gasteiger partial charge in [0.15, 0.2) is 0 Å². The summed E-state index contributed by atoms with van der Waals surface area (Å²) in [6.07, 6.45) is 3.27. The van der Waals surface area contributed by atoms with Gasteiger partial charge in [0.1, 0.15) is 5.82 Å². The van der Waals surface area contributed by atoms with Gasteiger partial charge in [0, 0.05) is 40.7 Å². The number of hydrogen-bond acceptors (Lipinski definition) is 4. The van der Waals surface area contributed by atoms with Crippen LogP contribution in [-0.4, -0.2) is 33.9 Å². The van der Waals surface area contributed by atoms with Crippen molar-refractivity contribution in [1.82, 2.24) is 14.9 Å². The molecule has 0 unspecified atom stereocenters. The summed E-state index contributed by atoms with van der Waals surface area (Å²) in [6.45, 7) is 5.60. The Balaban J connectivity index is 1.62. The molecule has 1 saturated heterocycles. The van der Waals surface area contributed by atoms with E-state index in [1.807, 2.05) is 17.9 Å². The van der Waals surface area contributed by atoms with Crippen LogP contribution in [0.3, 0.4) is 0 Å². The molecule has 1 aliphatic heterocycles. The van der Waals surface area contributed by atoms with Crippen molar-refractivity contribution in [3.63, 3.8) is 0 Å². The second kappa shape index (κ2) is 5.93. The molecule has 1 fully saturated rings. The summed E-state index contributed by atoms with van der Waals surface area (Å²) >= 11 is 1.70. The molecule has 1 aliphatic rings. The highest BCUT2D eigenvalue weighted by Gasteiger charge is 2.29. The molecule has 2 aromatic rings. The van der Waals surface area contributed by atoms with E-state index < -0.39 is 0 Å². The molecule has 1 amide bonds. The second-order valence-electron chi connectivity index (χ2n) is 5.57. The normalized spacial score (nSPS) is 18.2. The zero-order chi connectivity index (χ0) is 14.8. The fourth-order valence-electron chi connectivity index (χ4n) is 2.70. The number of likely N-dealkylation sites (tertiary alicyclic amines) is 1. The molecule has 3 rings (SSSR count). The number of hydrogen-bond donors (Lipinski definition) is 0. The molecule has 0 saturated carbocycles. The summed E-state index contributed by atoms with van der Waals surface area (Å²) in [5, 5.41) is 0. The van der Waals surface area contributed by atoms with Crippen LogP contribution in [0, 0.1) is 13.8 Å². The maximum Gasteiger partial charge on any atom is 0.227 e. The lowest BCUT2D eigenvalue weighted by molar-refractivity contribution is -0.129. The monoisotopic (exact) mass is 301 g/mol. The van der Waals surface area contributed by atoms with Crippen molar-refractivity contribution < 1.29 is 4.79 Å². The molecule has 0 bridgehead atoms. The number of rotatable bonds is 3. The molecule has 0 aliphatic carbocycles. The van der Waals surface area contributed by atoms with E-state index in [1.54, 1.807) is 17.5 Å². The lowest BCUT2D eigenvalue weighted by Crippen LogP contribution is -2.29. The molecule has 3 heterocycles. The largest absolute Gasteiger partial charge is 0.342 e. The van der Waals surface area contributed by atoms with Crippen LogP contribution >= 0.6 is 11.3 Å². The van der Waals surface area contributed by atoms with Gasteiger partial charge >= 0.3 is 0 Å². The molecule has 0 spiro atoms. The summed E-state index contributed by atoms with van der Waals surface area (Å²) in [4.78, 5) is 25.6. The first kappa shape index (κ1) is 14.2. The average molecular weight is 301 g/mol. The van der Waals surface area contributed by atoms with E-state index in [9.17, 15) is 4.79 Å². The highest BCUT2D eigenvalue weighted by atomic mass is 32.1. The van der Waals surface area contributed by atoms with Crippen molar-refractivity contribution in [3.05, 3.63) is 45.7 Å². The third-order valence-corrected chi connectivity index (χ3v) is 4.84. The minimum atomic E-state index is 0.215. The number of carbonyl (C=O) groups excluding carboxylic acids is 1. The molecule has 0 aromatic carbocycles. The van der Waals surface area contributed by atoms with E-state index in [4.69, 9.17) is 0 Å². The van der Waals surface area contributed by atoms with Crippen LogP contribution in [0.1, 0.15) is 33.6 Å². The van der Waals surface area contributed by atoms with Crippen LogP contribution in [0.5, 0.6) is 0 Å². The molecule has 0 radical (unpaired) electrons. The Hall–Kier alpha value is -1.75. The summed E-state index contributed by atoms with van der Waals surface area (Å²) in [6, 6.07) is 6.02. The first-order valence-corrected chi connectivity index (χ1v) is 8.06. The lowest BCUT2D eigenvalue weighted by Gasteiger charge is -2.15. The Morgan fingerprint density at radius 2 is 2.24 bits per heavy atom. The minimum Gasteiger partial charge on any atom is -0.342 e. The van der Waals surface area contributed by atoms with E-state index >= 15 is 0 Å². The molecular formula is C16H19N3OS. The van der Waals surface area contributed by atoms with E-state index in [0.29, 0.717) is 6.42 Å². The number of nitrogens with zero attached hydrogens (tertiary/aromatic N) is 3. The van der Waals surface area contributed by atoms with Crippen molar-refractivity contribution in [2.45, 2.75) is 32.6 Å². The minimum absolute atomic E-state index is 0.215. The van der Waals surface area contributed by atoms with E-state index in [1.165, 1.54) is 4.88 Å². The molecule has 1 atom stereocenters. The fourth-order valence-corrected chi connectivity index (χ4v) is 3.58. The van der Waals surface area contributed by atoms with Gasteiger partial charge in [0.25, 0.3) is 0 Å². The van der Waals surface area contributed by atoms with E-state index in [-0.39, 0.29) is 11.8 Å². The fraction of sp³-hybridized carbons (Fsp3) is 0.438. The molecule has 21 heavy (non-hydrogen) atoms. The first-order chi connectivity index (χ1) is 10.1. The quantitative estimate of drug-likeness (QED) is 0.875. The Labute approximate surface area is 128 Å². The van der Waals surface area contributed by atoms with Crippen molar-refractivity contribution >= 4 is 17.2 Å². The van der Waals surface area contributed by atoms with Crippen LogP contribution in [0.15, 0.2) is 24.4 Å². The standard InChI is InChI=1S/C16H19N3OS/c1-11-5-7-17-16(18-11)13-6-8-19(10-13)15(20)9-14-4-3-12(2)21-14/h3-5,7,13H,6,8-10H2,1-2H3/t13-/m1/s1. The highest BCUT2D eigenvalue weighted by Crippen LogP contribution is 2.25. The number of amides is 1. The predicted molar refractivity (Wildman–Crippen MR) is 83.5 cm³/mol. The average Bonchev–Trinajstić information content (AvgIpc) is 3.08. The third-order valence-electron chi connectivity index (χ3n) is 3.84. The smallest absolute Gasteiger partial charge is 0.227 e. The molecular weight excluding hydrogens is 282 g/mol.